The Hall–Kier alpha value is -3.89. The zero-order valence-electron chi connectivity index (χ0n) is 21.2. The van der Waals surface area contributed by atoms with Gasteiger partial charge < -0.3 is 19.2 Å². The van der Waals surface area contributed by atoms with Gasteiger partial charge in [-0.05, 0) is 73.5 Å². The number of halogens is 1. The largest absolute Gasteiger partial charge is 0.496 e. The number of rotatable bonds is 7. The molecule has 1 N–H and O–H groups in total. The molecule has 4 aromatic rings. The summed E-state index contributed by atoms with van der Waals surface area (Å²) in [6.45, 7) is 0.434. The number of furan rings is 1. The van der Waals surface area contributed by atoms with Crippen LogP contribution in [0, 0.1) is 5.82 Å². The first-order chi connectivity index (χ1) is 18.2. The van der Waals surface area contributed by atoms with Gasteiger partial charge in [0, 0.05) is 30.1 Å². The van der Waals surface area contributed by atoms with Crippen LogP contribution in [0.25, 0.3) is 22.3 Å². The van der Waals surface area contributed by atoms with Crippen molar-refractivity contribution >= 4 is 26.9 Å². The molecule has 8 nitrogen and oxygen atoms in total. The van der Waals surface area contributed by atoms with E-state index in [-0.39, 0.29) is 17.8 Å². The van der Waals surface area contributed by atoms with Gasteiger partial charge in [-0.25, -0.2) is 12.8 Å². The molecular formula is C28H27FN2O6S. The average Bonchev–Trinajstić information content (AvgIpc) is 3.54. The van der Waals surface area contributed by atoms with E-state index >= 15 is 0 Å². The molecule has 5 rings (SSSR count). The van der Waals surface area contributed by atoms with Gasteiger partial charge in [0.2, 0.25) is 10.0 Å². The van der Waals surface area contributed by atoms with Gasteiger partial charge in [-0.1, -0.05) is 0 Å². The second-order valence-corrected chi connectivity index (χ2v) is 11.0. The number of amides is 1. The predicted octanol–water partition coefficient (Wildman–Crippen LogP) is 5.50. The van der Waals surface area contributed by atoms with Gasteiger partial charge in [0.15, 0.2) is 0 Å². The molecule has 2 heterocycles. The van der Waals surface area contributed by atoms with Crippen molar-refractivity contribution in [3.63, 3.8) is 0 Å². The van der Waals surface area contributed by atoms with E-state index in [1.807, 2.05) is 0 Å². The molecule has 10 heteroatoms. The van der Waals surface area contributed by atoms with Gasteiger partial charge in [-0.2, -0.15) is 4.31 Å². The van der Waals surface area contributed by atoms with Gasteiger partial charge in [0.1, 0.15) is 34.4 Å². The molecule has 38 heavy (non-hydrogen) atoms. The molecule has 1 atom stereocenters. The predicted molar refractivity (Wildman–Crippen MR) is 142 cm³/mol. The van der Waals surface area contributed by atoms with Crippen LogP contribution in [-0.4, -0.2) is 45.6 Å². The lowest BCUT2D eigenvalue weighted by molar-refractivity contribution is 0.0964. The number of carbonyl (C=O) groups excluding carboxylic acids is 1. The highest BCUT2D eigenvalue weighted by Crippen LogP contribution is 2.43. The van der Waals surface area contributed by atoms with Crippen LogP contribution in [0.2, 0.25) is 0 Å². The molecule has 1 fully saturated rings. The van der Waals surface area contributed by atoms with Crippen molar-refractivity contribution in [3.8, 4) is 28.6 Å². The second-order valence-electron chi connectivity index (χ2n) is 9.09. The molecule has 0 spiro atoms. The highest BCUT2D eigenvalue weighted by atomic mass is 32.2. The van der Waals surface area contributed by atoms with Crippen molar-refractivity contribution in [2.75, 3.05) is 27.0 Å². The first-order valence-electron chi connectivity index (χ1n) is 12.1. The summed E-state index contributed by atoms with van der Waals surface area (Å²) in [7, 11) is -0.359. The Labute approximate surface area is 220 Å². The van der Waals surface area contributed by atoms with Crippen molar-refractivity contribution in [1.29, 1.82) is 0 Å². The fraction of sp³-hybridized carbons (Fsp3) is 0.250. The number of nitrogens with one attached hydrogen (secondary N) is 1. The number of methoxy groups -OCH3 is 1. The summed E-state index contributed by atoms with van der Waals surface area (Å²) in [6, 6.07) is 15.8. The number of carbonyl (C=O) groups is 1. The van der Waals surface area contributed by atoms with Crippen molar-refractivity contribution in [2.24, 2.45) is 0 Å². The first-order valence-corrected chi connectivity index (χ1v) is 13.9. The zero-order chi connectivity index (χ0) is 27.0. The van der Waals surface area contributed by atoms with E-state index in [4.69, 9.17) is 13.9 Å². The van der Waals surface area contributed by atoms with Crippen molar-refractivity contribution in [1.82, 2.24) is 9.62 Å². The summed E-state index contributed by atoms with van der Waals surface area (Å²) in [5.74, 6) is 1.18. The van der Waals surface area contributed by atoms with E-state index in [0.717, 1.165) is 6.42 Å². The van der Waals surface area contributed by atoms with Crippen LogP contribution in [0.3, 0.4) is 0 Å². The average molecular weight is 539 g/mol. The lowest BCUT2D eigenvalue weighted by Crippen LogP contribution is -2.29. The number of hydrogen-bond donors (Lipinski definition) is 1. The lowest BCUT2D eigenvalue weighted by Gasteiger charge is -2.24. The van der Waals surface area contributed by atoms with E-state index < -0.39 is 10.0 Å². The van der Waals surface area contributed by atoms with Crippen LogP contribution in [-0.2, 0) is 10.0 Å². The minimum Gasteiger partial charge on any atom is -0.496 e. The van der Waals surface area contributed by atoms with Gasteiger partial charge >= 0.3 is 0 Å². The third-order valence-corrected chi connectivity index (χ3v) is 7.94. The van der Waals surface area contributed by atoms with Gasteiger partial charge in [-0.3, -0.25) is 4.79 Å². The quantitative estimate of drug-likeness (QED) is 0.334. The highest BCUT2D eigenvalue weighted by Gasteiger charge is 2.35. The molecule has 0 radical (unpaired) electrons. The van der Waals surface area contributed by atoms with Crippen molar-refractivity contribution in [3.05, 3.63) is 77.6 Å². The molecule has 0 aliphatic carbocycles. The van der Waals surface area contributed by atoms with E-state index in [9.17, 15) is 17.6 Å². The monoisotopic (exact) mass is 538 g/mol. The third-order valence-electron chi connectivity index (χ3n) is 6.65. The van der Waals surface area contributed by atoms with E-state index in [1.54, 1.807) is 43.4 Å². The standard InChI is InChI=1S/C28H27FN2O6S/c1-30-28(32)26-22-16-24(35-2)21(23-5-4-14-31(23)38(3,33)34)15-25(22)37-27(26)17-6-10-19(11-7-17)36-20-12-8-18(29)9-13-20/h6-13,15-16,23H,4-5,14H2,1-3H3,(H,30,32). The third kappa shape index (κ3) is 4.84. The smallest absolute Gasteiger partial charge is 0.255 e. The molecule has 1 amide bonds. The molecule has 3 aromatic carbocycles. The topological polar surface area (TPSA) is 98.1 Å². The van der Waals surface area contributed by atoms with E-state index in [1.165, 1.54) is 41.9 Å². The molecule has 1 saturated heterocycles. The van der Waals surface area contributed by atoms with Crippen molar-refractivity contribution in [2.45, 2.75) is 18.9 Å². The number of nitrogens with zero attached hydrogens (tertiary/aromatic N) is 1. The van der Waals surface area contributed by atoms with E-state index in [0.29, 0.717) is 63.6 Å². The first kappa shape index (κ1) is 25.7. The Morgan fingerprint density at radius 2 is 1.74 bits per heavy atom. The second kappa shape index (κ2) is 10.1. The fourth-order valence-electron chi connectivity index (χ4n) is 4.89. The highest BCUT2D eigenvalue weighted by molar-refractivity contribution is 7.88. The molecular weight excluding hydrogens is 511 g/mol. The Balaban J connectivity index is 1.57. The number of hydrogen-bond acceptors (Lipinski definition) is 6. The Bertz CT molecular complexity index is 1600. The fourth-order valence-corrected chi connectivity index (χ4v) is 6.03. The summed E-state index contributed by atoms with van der Waals surface area (Å²) >= 11 is 0. The number of benzene rings is 3. The molecule has 0 saturated carbocycles. The molecule has 0 bridgehead atoms. The Morgan fingerprint density at radius 1 is 1.08 bits per heavy atom. The maximum atomic E-state index is 13.2. The van der Waals surface area contributed by atoms with Gasteiger partial charge in [-0.15, -0.1) is 0 Å². The molecule has 1 aliphatic heterocycles. The van der Waals surface area contributed by atoms with Crippen molar-refractivity contribution < 1.29 is 31.5 Å². The summed E-state index contributed by atoms with van der Waals surface area (Å²) in [6.07, 6.45) is 2.59. The SMILES string of the molecule is CNC(=O)c1c(-c2ccc(Oc3ccc(F)cc3)cc2)oc2cc(C3CCCN3S(C)(=O)=O)c(OC)cc12. The molecule has 1 aromatic heterocycles. The van der Waals surface area contributed by atoms with Crippen LogP contribution >= 0.6 is 0 Å². The summed E-state index contributed by atoms with van der Waals surface area (Å²) in [5, 5.41) is 3.22. The van der Waals surface area contributed by atoms with Gasteiger partial charge in [0.05, 0.1) is 25.0 Å². The number of ether oxygens (including phenoxy) is 2. The number of fused-ring (bicyclic) bond motifs is 1. The number of sulfonamides is 1. The molecule has 1 aliphatic rings. The summed E-state index contributed by atoms with van der Waals surface area (Å²) in [4.78, 5) is 13.0. The minimum atomic E-state index is -3.42. The molecule has 1 unspecified atom stereocenters. The Kier molecular flexibility index (Phi) is 6.85. The van der Waals surface area contributed by atoms with Crippen LogP contribution in [0.15, 0.2) is 65.1 Å². The zero-order valence-corrected chi connectivity index (χ0v) is 22.0. The normalized spacial score (nSPS) is 16.1. The maximum absolute atomic E-state index is 13.2. The molecule has 198 valence electrons. The summed E-state index contributed by atoms with van der Waals surface area (Å²) in [5.41, 5.74) is 2.12. The summed E-state index contributed by atoms with van der Waals surface area (Å²) < 4.78 is 57.1. The Morgan fingerprint density at radius 3 is 2.34 bits per heavy atom. The van der Waals surface area contributed by atoms with Crippen LogP contribution in [0.5, 0.6) is 17.2 Å². The van der Waals surface area contributed by atoms with Gasteiger partial charge in [0.25, 0.3) is 5.91 Å². The van der Waals surface area contributed by atoms with Crippen LogP contribution < -0.4 is 14.8 Å². The minimum absolute atomic E-state index is 0.334. The van der Waals surface area contributed by atoms with Crippen LogP contribution in [0.4, 0.5) is 4.39 Å². The van der Waals surface area contributed by atoms with E-state index in [2.05, 4.69) is 5.32 Å². The van der Waals surface area contributed by atoms with Crippen LogP contribution in [0.1, 0.15) is 34.8 Å². The lowest BCUT2D eigenvalue weighted by atomic mass is 9.99. The maximum Gasteiger partial charge on any atom is 0.255 e.